The van der Waals surface area contributed by atoms with Crippen molar-refractivity contribution < 1.29 is 4.74 Å². The van der Waals surface area contributed by atoms with Crippen LogP contribution in [-0.4, -0.2) is 48.4 Å². The van der Waals surface area contributed by atoms with Crippen molar-refractivity contribution in [1.29, 1.82) is 0 Å². The summed E-state index contributed by atoms with van der Waals surface area (Å²) in [6.07, 6.45) is 4.51. The predicted molar refractivity (Wildman–Crippen MR) is 87.9 cm³/mol. The fraction of sp³-hybridized carbons (Fsp3) is 0.471. The summed E-state index contributed by atoms with van der Waals surface area (Å²) in [5.41, 5.74) is 3.41. The number of hydrogen-bond donors (Lipinski definition) is 2. The first-order chi connectivity index (χ1) is 10.8. The van der Waals surface area contributed by atoms with Crippen LogP contribution in [0.3, 0.4) is 0 Å². The molecule has 22 heavy (non-hydrogen) atoms. The zero-order chi connectivity index (χ0) is 15.4. The number of aromatic amines is 1. The van der Waals surface area contributed by atoms with Crippen molar-refractivity contribution in [3.8, 4) is 17.0 Å². The van der Waals surface area contributed by atoms with E-state index in [-0.39, 0.29) is 0 Å². The molecule has 0 bridgehead atoms. The summed E-state index contributed by atoms with van der Waals surface area (Å²) < 4.78 is 5.21. The molecule has 2 N–H and O–H groups in total. The summed E-state index contributed by atoms with van der Waals surface area (Å²) in [4.78, 5) is 2.44. The molecule has 5 heteroatoms. The summed E-state index contributed by atoms with van der Waals surface area (Å²) in [5, 5.41) is 10.9. The minimum atomic E-state index is 0.663. The van der Waals surface area contributed by atoms with Crippen LogP contribution in [0.25, 0.3) is 11.3 Å². The number of likely N-dealkylation sites (tertiary alicyclic amines) is 1. The maximum atomic E-state index is 5.21. The summed E-state index contributed by atoms with van der Waals surface area (Å²) in [7, 11) is 3.89. The summed E-state index contributed by atoms with van der Waals surface area (Å²) >= 11 is 0. The lowest BCUT2D eigenvalue weighted by Crippen LogP contribution is -2.35. The van der Waals surface area contributed by atoms with Crippen LogP contribution in [0.15, 0.2) is 30.5 Å². The second-order valence-electron chi connectivity index (χ2n) is 5.91. The smallest absolute Gasteiger partial charge is 0.118 e. The molecule has 0 aliphatic carbocycles. The van der Waals surface area contributed by atoms with Crippen molar-refractivity contribution in [2.45, 2.75) is 25.4 Å². The van der Waals surface area contributed by atoms with Gasteiger partial charge >= 0.3 is 0 Å². The van der Waals surface area contributed by atoms with E-state index >= 15 is 0 Å². The number of likely N-dealkylation sites (N-methyl/N-ethyl adjacent to an activating group) is 1. The fourth-order valence-corrected chi connectivity index (χ4v) is 3.06. The van der Waals surface area contributed by atoms with E-state index < -0.39 is 0 Å². The second-order valence-corrected chi connectivity index (χ2v) is 5.91. The Balaban J connectivity index is 1.61. The Morgan fingerprint density at radius 2 is 2.18 bits per heavy atom. The Kier molecular flexibility index (Phi) is 4.75. The first-order valence-electron chi connectivity index (χ1n) is 7.85. The number of nitrogens with zero attached hydrogens (tertiary/aromatic N) is 2. The third kappa shape index (κ3) is 3.31. The molecule has 0 radical (unpaired) electrons. The standard InChI is InChI=1S/C17H24N4O/c1-21-9-3-4-15(21)12-18-10-14-11-19-20-17(14)13-5-7-16(22-2)8-6-13/h5-8,11,15,18H,3-4,9-10,12H2,1-2H3,(H,19,20)/t15-/m1/s1. The van der Waals surface area contributed by atoms with E-state index in [4.69, 9.17) is 4.74 Å². The van der Waals surface area contributed by atoms with Crippen molar-refractivity contribution >= 4 is 0 Å². The molecular weight excluding hydrogens is 276 g/mol. The van der Waals surface area contributed by atoms with E-state index in [1.807, 2.05) is 18.3 Å². The van der Waals surface area contributed by atoms with Crippen LogP contribution in [0.5, 0.6) is 5.75 Å². The number of nitrogens with one attached hydrogen (secondary N) is 2. The third-order valence-corrected chi connectivity index (χ3v) is 4.46. The summed E-state index contributed by atoms with van der Waals surface area (Å²) in [5.74, 6) is 0.868. The largest absolute Gasteiger partial charge is 0.497 e. The van der Waals surface area contributed by atoms with Crippen molar-refractivity contribution in [3.63, 3.8) is 0 Å². The fourth-order valence-electron chi connectivity index (χ4n) is 3.06. The molecule has 1 saturated heterocycles. The first kappa shape index (κ1) is 15.1. The van der Waals surface area contributed by atoms with Gasteiger partial charge in [-0.25, -0.2) is 0 Å². The normalized spacial score (nSPS) is 18.7. The lowest BCUT2D eigenvalue weighted by atomic mass is 10.1. The van der Waals surface area contributed by atoms with Gasteiger partial charge in [-0.1, -0.05) is 0 Å². The lowest BCUT2D eigenvalue weighted by Gasteiger charge is -2.19. The van der Waals surface area contributed by atoms with Crippen molar-refractivity contribution in [2.24, 2.45) is 0 Å². The zero-order valence-electron chi connectivity index (χ0n) is 13.3. The molecule has 1 aromatic carbocycles. The highest BCUT2D eigenvalue weighted by molar-refractivity contribution is 5.63. The van der Waals surface area contributed by atoms with Crippen LogP contribution in [0.4, 0.5) is 0 Å². The monoisotopic (exact) mass is 300 g/mol. The van der Waals surface area contributed by atoms with Crippen LogP contribution in [0.2, 0.25) is 0 Å². The minimum absolute atomic E-state index is 0.663. The van der Waals surface area contributed by atoms with Gasteiger partial charge in [-0.3, -0.25) is 5.10 Å². The van der Waals surface area contributed by atoms with Gasteiger partial charge in [0.15, 0.2) is 0 Å². The number of methoxy groups -OCH3 is 1. The van der Waals surface area contributed by atoms with E-state index in [1.165, 1.54) is 24.9 Å². The molecule has 1 atom stereocenters. The highest BCUT2D eigenvalue weighted by atomic mass is 16.5. The average Bonchev–Trinajstić information content (AvgIpc) is 3.17. The molecule has 0 spiro atoms. The zero-order valence-corrected chi connectivity index (χ0v) is 13.3. The maximum absolute atomic E-state index is 5.21. The predicted octanol–water partition coefficient (Wildman–Crippen LogP) is 2.27. The van der Waals surface area contributed by atoms with Gasteiger partial charge in [0, 0.05) is 30.3 Å². The third-order valence-electron chi connectivity index (χ3n) is 4.46. The van der Waals surface area contributed by atoms with Crippen LogP contribution >= 0.6 is 0 Å². The molecule has 0 saturated carbocycles. The van der Waals surface area contributed by atoms with Gasteiger partial charge in [-0.15, -0.1) is 0 Å². The Morgan fingerprint density at radius 1 is 1.36 bits per heavy atom. The first-order valence-corrected chi connectivity index (χ1v) is 7.85. The topological polar surface area (TPSA) is 53.2 Å². The quantitative estimate of drug-likeness (QED) is 0.859. The number of benzene rings is 1. The highest BCUT2D eigenvalue weighted by Crippen LogP contribution is 2.23. The number of aromatic nitrogens is 2. The van der Waals surface area contributed by atoms with Gasteiger partial charge in [0.05, 0.1) is 19.0 Å². The molecule has 2 heterocycles. The van der Waals surface area contributed by atoms with Gasteiger partial charge in [0.25, 0.3) is 0 Å². The van der Waals surface area contributed by atoms with Gasteiger partial charge < -0.3 is 15.0 Å². The van der Waals surface area contributed by atoms with Crippen molar-refractivity contribution in [3.05, 3.63) is 36.0 Å². The lowest BCUT2D eigenvalue weighted by molar-refractivity contribution is 0.300. The molecule has 0 amide bonds. The summed E-state index contributed by atoms with van der Waals surface area (Å²) in [6, 6.07) is 8.72. The Labute approximate surface area is 131 Å². The van der Waals surface area contributed by atoms with Crippen molar-refractivity contribution in [2.75, 3.05) is 27.2 Å². The molecule has 118 valence electrons. The minimum Gasteiger partial charge on any atom is -0.497 e. The maximum Gasteiger partial charge on any atom is 0.118 e. The molecule has 1 aromatic heterocycles. The van der Waals surface area contributed by atoms with Crippen LogP contribution in [0, 0.1) is 0 Å². The number of H-pyrrole nitrogens is 1. The Bertz CT molecular complexity index is 593. The molecule has 5 nitrogen and oxygen atoms in total. The molecule has 0 unspecified atom stereocenters. The molecule has 2 aromatic rings. The van der Waals surface area contributed by atoms with Gasteiger partial charge in [-0.2, -0.15) is 5.10 Å². The molecule has 3 rings (SSSR count). The second kappa shape index (κ2) is 6.94. The van der Waals surface area contributed by atoms with Crippen LogP contribution in [0.1, 0.15) is 18.4 Å². The number of hydrogen-bond acceptors (Lipinski definition) is 4. The van der Waals surface area contributed by atoms with E-state index in [0.717, 1.165) is 30.1 Å². The van der Waals surface area contributed by atoms with E-state index in [2.05, 4.69) is 39.6 Å². The van der Waals surface area contributed by atoms with E-state index in [1.54, 1.807) is 7.11 Å². The van der Waals surface area contributed by atoms with E-state index in [9.17, 15) is 0 Å². The van der Waals surface area contributed by atoms with Gasteiger partial charge in [-0.05, 0) is 50.7 Å². The van der Waals surface area contributed by atoms with E-state index in [0.29, 0.717) is 6.04 Å². The molecule has 1 aliphatic rings. The Morgan fingerprint density at radius 3 is 2.86 bits per heavy atom. The van der Waals surface area contributed by atoms with Crippen LogP contribution in [-0.2, 0) is 6.54 Å². The number of ether oxygens (including phenoxy) is 1. The SMILES string of the molecule is COc1ccc(-c2[nH]ncc2CNC[C@H]2CCCN2C)cc1. The summed E-state index contributed by atoms with van der Waals surface area (Å²) in [6.45, 7) is 3.08. The van der Waals surface area contributed by atoms with Crippen molar-refractivity contribution in [1.82, 2.24) is 20.4 Å². The molecule has 1 fully saturated rings. The molecule has 1 aliphatic heterocycles. The average molecular weight is 300 g/mol. The van der Waals surface area contributed by atoms with Gasteiger partial charge in [0.1, 0.15) is 5.75 Å². The number of rotatable bonds is 6. The van der Waals surface area contributed by atoms with Gasteiger partial charge in [0.2, 0.25) is 0 Å². The Hall–Kier alpha value is -1.85. The van der Waals surface area contributed by atoms with Crippen LogP contribution < -0.4 is 10.1 Å². The highest BCUT2D eigenvalue weighted by Gasteiger charge is 2.20. The molecular formula is C17H24N4O.